The Hall–Kier alpha value is -1.40. The Morgan fingerprint density at radius 1 is 1.24 bits per heavy atom. The van der Waals surface area contributed by atoms with Gasteiger partial charge in [-0.2, -0.15) is 0 Å². The first-order valence-electron chi connectivity index (χ1n) is 6.85. The average molecular weight is 366 g/mol. The van der Waals surface area contributed by atoms with Gasteiger partial charge >= 0.3 is 0 Å². The minimum absolute atomic E-state index is 0.105. The highest BCUT2D eigenvalue weighted by Crippen LogP contribution is 2.27. The minimum Gasteiger partial charge on any atom is -0.367 e. The maximum atomic E-state index is 11.8. The van der Waals surface area contributed by atoms with E-state index in [2.05, 4.69) is 30.7 Å². The summed E-state index contributed by atoms with van der Waals surface area (Å²) in [6.07, 6.45) is 1.84. The Kier molecular flexibility index (Phi) is 4.26. The molecule has 1 fully saturated rings. The predicted octanol–water partition coefficient (Wildman–Crippen LogP) is 3.43. The van der Waals surface area contributed by atoms with Crippen LogP contribution in [0, 0.1) is 0 Å². The first-order valence-corrected chi connectivity index (χ1v) is 8.52. The van der Waals surface area contributed by atoms with Gasteiger partial charge in [0.1, 0.15) is 0 Å². The topological polar surface area (TPSA) is 36.4 Å². The molecular weight excluding hydrogens is 350 g/mol. The second-order valence-corrected chi connectivity index (χ2v) is 6.80. The maximum Gasteiger partial charge on any atom is 0.185 e. The lowest BCUT2D eigenvalue weighted by Crippen LogP contribution is -2.46. The number of ketones is 1. The molecule has 0 spiro atoms. The molecule has 0 bridgehead atoms. The third-order valence-corrected chi connectivity index (χ3v) is 4.97. The van der Waals surface area contributed by atoms with E-state index in [0.29, 0.717) is 0 Å². The Bertz CT molecular complexity index is 636. The van der Waals surface area contributed by atoms with Crippen LogP contribution >= 0.6 is 27.3 Å². The number of hydrogen-bond acceptors (Lipinski definition) is 5. The van der Waals surface area contributed by atoms with Crippen LogP contribution in [0.25, 0.3) is 0 Å². The molecule has 0 saturated carbocycles. The summed E-state index contributed by atoms with van der Waals surface area (Å²) in [5, 5.41) is 3.09. The summed E-state index contributed by atoms with van der Waals surface area (Å²) in [7, 11) is 0. The lowest BCUT2D eigenvalue weighted by molar-refractivity contribution is 0.101. The van der Waals surface area contributed by atoms with Crippen LogP contribution in [0.1, 0.15) is 17.3 Å². The van der Waals surface area contributed by atoms with Crippen LogP contribution in [0.2, 0.25) is 0 Å². The minimum atomic E-state index is 0.105. The number of halogens is 1. The summed E-state index contributed by atoms with van der Waals surface area (Å²) in [6.45, 7) is 5.29. The molecule has 3 rings (SSSR count). The number of anilines is 2. The van der Waals surface area contributed by atoms with Crippen molar-refractivity contribution in [1.29, 1.82) is 0 Å². The highest BCUT2D eigenvalue weighted by Gasteiger charge is 2.21. The van der Waals surface area contributed by atoms with Gasteiger partial charge in [-0.3, -0.25) is 4.79 Å². The zero-order valence-corrected chi connectivity index (χ0v) is 14.2. The van der Waals surface area contributed by atoms with Crippen molar-refractivity contribution in [3.05, 3.63) is 39.8 Å². The highest BCUT2D eigenvalue weighted by atomic mass is 79.9. The Balaban J connectivity index is 1.76. The Morgan fingerprint density at radius 3 is 2.57 bits per heavy atom. The van der Waals surface area contributed by atoms with Crippen molar-refractivity contribution in [2.24, 2.45) is 0 Å². The first kappa shape index (κ1) is 14.5. The maximum absolute atomic E-state index is 11.8. The second-order valence-electron chi connectivity index (χ2n) is 5.01. The molecule has 2 aromatic rings. The molecule has 1 saturated heterocycles. The van der Waals surface area contributed by atoms with E-state index in [1.54, 1.807) is 18.3 Å². The van der Waals surface area contributed by atoms with Crippen molar-refractivity contribution >= 4 is 43.9 Å². The number of carbonyl (C=O) groups is 1. The zero-order chi connectivity index (χ0) is 14.8. The van der Waals surface area contributed by atoms with Crippen molar-refractivity contribution in [1.82, 2.24) is 4.98 Å². The van der Waals surface area contributed by atoms with Crippen LogP contribution in [0.3, 0.4) is 0 Å². The van der Waals surface area contributed by atoms with E-state index in [-0.39, 0.29) is 5.78 Å². The fourth-order valence-corrected chi connectivity index (χ4v) is 3.63. The van der Waals surface area contributed by atoms with E-state index < -0.39 is 0 Å². The van der Waals surface area contributed by atoms with Gasteiger partial charge in [0.2, 0.25) is 0 Å². The van der Waals surface area contributed by atoms with Gasteiger partial charge in [0, 0.05) is 53.5 Å². The quantitative estimate of drug-likeness (QED) is 0.780. The number of benzene rings is 1. The van der Waals surface area contributed by atoms with Crippen LogP contribution < -0.4 is 9.80 Å². The van der Waals surface area contributed by atoms with Crippen LogP contribution in [-0.2, 0) is 0 Å². The molecule has 1 aliphatic rings. The Labute approximate surface area is 136 Å². The van der Waals surface area contributed by atoms with Gasteiger partial charge < -0.3 is 9.80 Å². The molecule has 0 amide bonds. The third kappa shape index (κ3) is 3.11. The van der Waals surface area contributed by atoms with Gasteiger partial charge in [-0.1, -0.05) is 15.9 Å². The molecule has 1 aliphatic heterocycles. The lowest BCUT2D eigenvalue weighted by Gasteiger charge is -2.36. The number of piperazine rings is 1. The SMILES string of the molecule is CC(=O)c1cc(Br)ccc1N1CCN(c2nccs2)CC1. The van der Waals surface area contributed by atoms with E-state index in [4.69, 9.17) is 0 Å². The summed E-state index contributed by atoms with van der Waals surface area (Å²) in [5.74, 6) is 0.105. The van der Waals surface area contributed by atoms with Crippen molar-refractivity contribution in [3.8, 4) is 0 Å². The number of Topliss-reactive ketones (excluding diaryl/α,β-unsaturated/α-hetero) is 1. The van der Waals surface area contributed by atoms with Gasteiger partial charge in [-0.25, -0.2) is 4.98 Å². The number of nitrogens with zero attached hydrogens (tertiary/aromatic N) is 3. The van der Waals surface area contributed by atoms with E-state index >= 15 is 0 Å². The van der Waals surface area contributed by atoms with Crippen molar-refractivity contribution < 1.29 is 4.79 Å². The lowest BCUT2D eigenvalue weighted by atomic mass is 10.1. The van der Waals surface area contributed by atoms with Crippen molar-refractivity contribution in [2.75, 3.05) is 36.0 Å². The van der Waals surface area contributed by atoms with Crippen LogP contribution in [-0.4, -0.2) is 36.9 Å². The smallest absolute Gasteiger partial charge is 0.185 e. The van der Waals surface area contributed by atoms with Crippen molar-refractivity contribution in [2.45, 2.75) is 6.92 Å². The molecule has 1 aromatic carbocycles. The van der Waals surface area contributed by atoms with E-state index in [0.717, 1.165) is 47.0 Å². The molecule has 0 radical (unpaired) electrons. The Morgan fingerprint density at radius 2 is 1.95 bits per heavy atom. The summed E-state index contributed by atoms with van der Waals surface area (Å²) >= 11 is 5.11. The number of hydrogen-bond donors (Lipinski definition) is 0. The molecule has 110 valence electrons. The number of aromatic nitrogens is 1. The standard InChI is InChI=1S/C15H16BrN3OS/c1-11(20)13-10-12(16)2-3-14(13)18-5-7-19(8-6-18)15-17-4-9-21-15/h2-4,9-10H,5-8H2,1H3. The zero-order valence-electron chi connectivity index (χ0n) is 11.8. The van der Waals surface area contributed by atoms with Gasteiger partial charge in [0.15, 0.2) is 10.9 Å². The normalized spacial score (nSPS) is 15.3. The molecule has 2 heterocycles. The largest absolute Gasteiger partial charge is 0.367 e. The third-order valence-electron chi connectivity index (χ3n) is 3.65. The molecule has 4 nitrogen and oxygen atoms in total. The van der Waals surface area contributed by atoms with E-state index in [1.165, 1.54) is 0 Å². The monoisotopic (exact) mass is 365 g/mol. The van der Waals surface area contributed by atoms with Crippen molar-refractivity contribution in [3.63, 3.8) is 0 Å². The first-order chi connectivity index (χ1) is 10.1. The van der Waals surface area contributed by atoms with Gasteiger partial charge in [-0.15, -0.1) is 11.3 Å². The van der Waals surface area contributed by atoms with E-state index in [9.17, 15) is 4.79 Å². The van der Waals surface area contributed by atoms with E-state index in [1.807, 2.05) is 29.8 Å². The molecule has 21 heavy (non-hydrogen) atoms. The summed E-state index contributed by atoms with van der Waals surface area (Å²) in [4.78, 5) is 20.8. The summed E-state index contributed by atoms with van der Waals surface area (Å²) in [5.41, 5.74) is 1.82. The second kappa shape index (κ2) is 6.15. The van der Waals surface area contributed by atoms with Gasteiger partial charge in [-0.05, 0) is 25.1 Å². The van der Waals surface area contributed by atoms with Crippen LogP contribution in [0.5, 0.6) is 0 Å². The molecule has 1 aromatic heterocycles. The van der Waals surface area contributed by atoms with Gasteiger partial charge in [0.25, 0.3) is 0 Å². The van der Waals surface area contributed by atoms with Crippen LogP contribution in [0.4, 0.5) is 10.8 Å². The van der Waals surface area contributed by atoms with Crippen LogP contribution in [0.15, 0.2) is 34.2 Å². The molecule has 6 heteroatoms. The number of rotatable bonds is 3. The predicted molar refractivity (Wildman–Crippen MR) is 90.7 cm³/mol. The summed E-state index contributed by atoms with van der Waals surface area (Å²) in [6, 6.07) is 5.93. The molecule has 0 aliphatic carbocycles. The summed E-state index contributed by atoms with van der Waals surface area (Å²) < 4.78 is 0.942. The fourth-order valence-electron chi connectivity index (χ4n) is 2.58. The molecular formula is C15H16BrN3OS. The number of thiazole rings is 1. The molecule has 0 unspecified atom stereocenters. The molecule has 0 atom stereocenters. The average Bonchev–Trinajstić information content (AvgIpc) is 3.01. The van der Waals surface area contributed by atoms with Gasteiger partial charge in [0.05, 0.1) is 0 Å². The fraction of sp³-hybridized carbons (Fsp3) is 0.333. The molecule has 0 N–H and O–H groups in total. The highest BCUT2D eigenvalue weighted by molar-refractivity contribution is 9.10. The number of carbonyl (C=O) groups excluding carboxylic acids is 1.